The maximum absolute atomic E-state index is 6.45. The van der Waals surface area contributed by atoms with Crippen LogP contribution in [-0.4, -0.2) is 15.9 Å². The van der Waals surface area contributed by atoms with E-state index in [1.807, 2.05) is 11.8 Å². The van der Waals surface area contributed by atoms with Crippen LogP contribution in [0.2, 0.25) is 0 Å². The summed E-state index contributed by atoms with van der Waals surface area (Å²) in [5.74, 6) is 3.50. The van der Waals surface area contributed by atoms with Gasteiger partial charge in [-0.15, -0.1) is 0 Å². The molecule has 4 nitrogen and oxygen atoms in total. The molecule has 1 saturated heterocycles. The predicted octanol–water partition coefficient (Wildman–Crippen LogP) is 3.00. The molecule has 2 heterocycles. The molecule has 2 aliphatic rings. The maximum atomic E-state index is 6.45. The fourth-order valence-corrected chi connectivity index (χ4v) is 4.04. The lowest BCUT2D eigenvalue weighted by Gasteiger charge is -2.32. The third kappa shape index (κ3) is 2.30. The highest BCUT2D eigenvalue weighted by molar-refractivity contribution is 7.99. The van der Waals surface area contributed by atoms with Crippen molar-refractivity contribution in [3.8, 4) is 0 Å². The number of thioether (sulfide) groups is 1. The number of aromatic nitrogens is 2. The smallest absolute Gasteiger partial charge is 0.246 e. The lowest BCUT2D eigenvalue weighted by molar-refractivity contribution is 0.190. The van der Waals surface area contributed by atoms with Crippen molar-refractivity contribution in [3.05, 3.63) is 11.7 Å². The van der Waals surface area contributed by atoms with Crippen molar-refractivity contribution in [2.75, 3.05) is 5.75 Å². The van der Waals surface area contributed by atoms with Crippen molar-refractivity contribution >= 4 is 11.8 Å². The van der Waals surface area contributed by atoms with Crippen LogP contribution in [0.15, 0.2) is 4.52 Å². The van der Waals surface area contributed by atoms with Crippen molar-refractivity contribution in [2.45, 2.75) is 56.2 Å². The van der Waals surface area contributed by atoms with Crippen molar-refractivity contribution in [1.82, 2.24) is 10.1 Å². The van der Waals surface area contributed by atoms with Crippen LogP contribution >= 0.6 is 11.8 Å². The monoisotopic (exact) mass is 267 g/mol. The number of rotatable bonds is 2. The molecular weight excluding hydrogens is 246 g/mol. The normalized spacial score (nSPS) is 37.0. The zero-order chi connectivity index (χ0) is 12.6. The van der Waals surface area contributed by atoms with Gasteiger partial charge in [-0.05, 0) is 50.2 Å². The Bertz CT molecular complexity index is 406. The number of nitrogens with two attached hydrogens (primary N) is 1. The van der Waals surface area contributed by atoms with Crippen LogP contribution in [0.3, 0.4) is 0 Å². The highest BCUT2D eigenvalue weighted by Gasteiger charge is 2.37. The summed E-state index contributed by atoms with van der Waals surface area (Å²) < 4.78 is 5.46. The molecule has 0 bridgehead atoms. The van der Waals surface area contributed by atoms with E-state index >= 15 is 0 Å². The highest BCUT2D eigenvalue weighted by atomic mass is 32.2. The molecule has 1 unspecified atom stereocenters. The van der Waals surface area contributed by atoms with Crippen LogP contribution in [0.25, 0.3) is 0 Å². The quantitative estimate of drug-likeness (QED) is 0.892. The molecular formula is C13H21N3OS. The lowest BCUT2D eigenvalue weighted by atomic mass is 9.78. The molecule has 1 aliphatic carbocycles. The van der Waals surface area contributed by atoms with Crippen LogP contribution in [-0.2, 0) is 5.54 Å². The summed E-state index contributed by atoms with van der Waals surface area (Å²) in [5, 5.41) is 4.58. The van der Waals surface area contributed by atoms with E-state index in [0.717, 1.165) is 43.8 Å². The summed E-state index contributed by atoms with van der Waals surface area (Å²) in [7, 11) is 0. The predicted molar refractivity (Wildman–Crippen MR) is 72.2 cm³/mol. The fraction of sp³-hybridized carbons (Fsp3) is 0.846. The van der Waals surface area contributed by atoms with Gasteiger partial charge in [0.1, 0.15) is 0 Å². The summed E-state index contributed by atoms with van der Waals surface area (Å²) in [4.78, 5) is 4.59. The van der Waals surface area contributed by atoms with Gasteiger partial charge < -0.3 is 10.3 Å². The number of hydrogen-bond acceptors (Lipinski definition) is 5. The molecule has 0 aromatic carbocycles. The summed E-state index contributed by atoms with van der Waals surface area (Å²) in [6, 6.07) is 0. The average molecular weight is 267 g/mol. The molecule has 1 aliphatic heterocycles. The van der Waals surface area contributed by atoms with Crippen LogP contribution in [0.1, 0.15) is 62.4 Å². The molecule has 3 rings (SSSR count). The Hall–Kier alpha value is -0.550. The molecule has 1 atom stereocenters. The van der Waals surface area contributed by atoms with Gasteiger partial charge in [-0.1, -0.05) is 12.1 Å². The van der Waals surface area contributed by atoms with Crippen LogP contribution in [0.5, 0.6) is 0 Å². The first kappa shape index (κ1) is 12.5. The van der Waals surface area contributed by atoms with E-state index in [1.54, 1.807) is 0 Å². The second kappa shape index (κ2) is 4.85. The van der Waals surface area contributed by atoms with Gasteiger partial charge in [-0.2, -0.15) is 16.7 Å². The molecule has 5 heteroatoms. The SMILES string of the molecule is CC1CCC(N)(c2nc(C3CCCS3)no2)CC1. The van der Waals surface area contributed by atoms with Crippen LogP contribution in [0.4, 0.5) is 0 Å². The van der Waals surface area contributed by atoms with Gasteiger partial charge in [0.15, 0.2) is 5.82 Å². The van der Waals surface area contributed by atoms with E-state index < -0.39 is 0 Å². The Morgan fingerprint density at radius 3 is 2.78 bits per heavy atom. The Labute approximate surface area is 112 Å². The number of hydrogen-bond donors (Lipinski definition) is 1. The van der Waals surface area contributed by atoms with Gasteiger partial charge in [0, 0.05) is 0 Å². The minimum atomic E-state index is -0.374. The molecule has 1 aromatic heterocycles. The third-order valence-electron chi connectivity index (χ3n) is 4.25. The minimum Gasteiger partial charge on any atom is -0.337 e. The summed E-state index contributed by atoms with van der Waals surface area (Å²) >= 11 is 1.93. The fourth-order valence-electron chi connectivity index (χ4n) is 2.84. The standard InChI is InChI=1S/C13H21N3OS/c1-9-4-6-13(14,7-5-9)12-15-11(16-17-12)10-3-2-8-18-10/h9-10H,2-8,14H2,1H3. The molecule has 1 saturated carbocycles. The first-order chi connectivity index (χ1) is 8.67. The Morgan fingerprint density at radius 1 is 1.33 bits per heavy atom. The third-order valence-corrected chi connectivity index (χ3v) is 5.63. The van der Waals surface area contributed by atoms with Gasteiger partial charge in [-0.3, -0.25) is 0 Å². The average Bonchev–Trinajstić information content (AvgIpc) is 3.01. The van der Waals surface area contributed by atoms with Gasteiger partial charge in [0.2, 0.25) is 5.89 Å². The molecule has 0 radical (unpaired) electrons. The zero-order valence-corrected chi connectivity index (χ0v) is 11.7. The topological polar surface area (TPSA) is 64.9 Å². The summed E-state index contributed by atoms with van der Waals surface area (Å²) in [5.41, 5.74) is 6.08. The minimum absolute atomic E-state index is 0.374. The van der Waals surface area contributed by atoms with Gasteiger partial charge in [-0.25, -0.2) is 0 Å². The molecule has 100 valence electrons. The first-order valence-corrected chi connectivity index (χ1v) is 7.97. The van der Waals surface area contributed by atoms with E-state index in [2.05, 4.69) is 17.1 Å². The Kier molecular flexibility index (Phi) is 3.36. The van der Waals surface area contributed by atoms with Crippen molar-refractivity contribution in [1.29, 1.82) is 0 Å². The molecule has 1 aromatic rings. The first-order valence-electron chi connectivity index (χ1n) is 6.92. The van der Waals surface area contributed by atoms with Crippen LogP contribution in [0, 0.1) is 5.92 Å². The second-order valence-electron chi connectivity index (χ2n) is 5.80. The van der Waals surface area contributed by atoms with E-state index in [4.69, 9.17) is 10.3 Å². The summed E-state index contributed by atoms with van der Waals surface area (Å²) in [6.07, 6.45) is 6.67. The second-order valence-corrected chi connectivity index (χ2v) is 7.11. The summed E-state index contributed by atoms with van der Waals surface area (Å²) in [6.45, 7) is 2.29. The van der Waals surface area contributed by atoms with Crippen LogP contribution < -0.4 is 5.73 Å². The molecule has 18 heavy (non-hydrogen) atoms. The van der Waals surface area contributed by atoms with E-state index in [-0.39, 0.29) is 5.54 Å². The lowest BCUT2D eigenvalue weighted by Crippen LogP contribution is -2.40. The van der Waals surface area contributed by atoms with Gasteiger partial charge in [0.25, 0.3) is 0 Å². The molecule has 2 fully saturated rings. The Balaban J connectivity index is 1.75. The molecule has 2 N–H and O–H groups in total. The largest absolute Gasteiger partial charge is 0.337 e. The van der Waals surface area contributed by atoms with E-state index in [1.165, 1.54) is 12.2 Å². The zero-order valence-electron chi connectivity index (χ0n) is 10.9. The maximum Gasteiger partial charge on any atom is 0.246 e. The van der Waals surface area contributed by atoms with Crippen molar-refractivity contribution in [2.24, 2.45) is 11.7 Å². The van der Waals surface area contributed by atoms with Gasteiger partial charge >= 0.3 is 0 Å². The Morgan fingerprint density at radius 2 is 2.11 bits per heavy atom. The molecule has 0 spiro atoms. The number of nitrogens with zero attached hydrogens (tertiary/aromatic N) is 2. The van der Waals surface area contributed by atoms with Gasteiger partial charge in [0.05, 0.1) is 10.8 Å². The van der Waals surface area contributed by atoms with Crippen molar-refractivity contribution < 1.29 is 4.52 Å². The molecule has 0 amide bonds. The van der Waals surface area contributed by atoms with Crippen molar-refractivity contribution in [3.63, 3.8) is 0 Å². The highest BCUT2D eigenvalue weighted by Crippen LogP contribution is 2.40. The van der Waals surface area contributed by atoms with E-state index in [9.17, 15) is 0 Å². The van der Waals surface area contributed by atoms with E-state index in [0.29, 0.717) is 11.1 Å².